The molecule has 0 bridgehead atoms. The van der Waals surface area contributed by atoms with Crippen LogP contribution in [0.3, 0.4) is 0 Å². The number of carbonyl (C=O) groups is 5. The highest BCUT2D eigenvalue weighted by Crippen LogP contribution is 2.40. The third-order valence-electron chi connectivity index (χ3n) is 7.61. The molecule has 48 heavy (non-hydrogen) atoms. The number of rotatable bonds is 11. The summed E-state index contributed by atoms with van der Waals surface area (Å²) in [5, 5.41) is 5.32. The van der Waals surface area contributed by atoms with Crippen LogP contribution in [0, 0.1) is 0 Å². The van der Waals surface area contributed by atoms with Crippen LogP contribution in [0.15, 0.2) is 104 Å². The average Bonchev–Trinajstić information content (AvgIpc) is 3.66. The molecular weight excluding hydrogens is 614 g/mol. The Morgan fingerprint density at radius 2 is 1.31 bits per heavy atom. The molecule has 0 radical (unpaired) electrons. The quantitative estimate of drug-likeness (QED) is 0.183. The second-order valence-corrected chi connectivity index (χ2v) is 12.3. The lowest BCUT2D eigenvalue weighted by molar-refractivity contribution is -0.199. The molecule has 2 N–H and O–H groups in total. The molecule has 0 saturated carbocycles. The van der Waals surface area contributed by atoms with Crippen molar-refractivity contribution >= 4 is 29.8 Å². The monoisotopic (exact) mass is 651 g/mol. The Bertz CT molecular complexity index is 1660. The van der Waals surface area contributed by atoms with E-state index < -0.39 is 53.5 Å². The predicted molar refractivity (Wildman–Crippen MR) is 174 cm³/mol. The van der Waals surface area contributed by atoms with Gasteiger partial charge in [0.1, 0.15) is 23.7 Å². The van der Waals surface area contributed by atoms with Gasteiger partial charge < -0.3 is 24.8 Å². The SMILES string of the molecule is CC(C)(C)OC(=O)NCC(=O)N[C@@H](Cc1cn(C(c2ccccc2)(c2ccccc2)c2ccccc2)cn1)C(=O)ON1C(=O)CCC1=O. The van der Waals surface area contributed by atoms with Gasteiger partial charge in [-0.1, -0.05) is 91.0 Å². The van der Waals surface area contributed by atoms with Gasteiger partial charge in [0.05, 0.1) is 12.0 Å². The zero-order valence-corrected chi connectivity index (χ0v) is 26.9. The Labute approximate surface area is 278 Å². The fraction of sp³-hybridized carbons (Fsp3) is 0.278. The average molecular weight is 652 g/mol. The number of nitrogens with zero attached hydrogens (tertiary/aromatic N) is 3. The van der Waals surface area contributed by atoms with E-state index >= 15 is 0 Å². The summed E-state index contributed by atoms with van der Waals surface area (Å²) in [6, 6.07) is 28.4. The lowest BCUT2D eigenvalue weighted by Crippen LogP contribution is -2.49. The molecule has 1 aliphatic rings. The van der Waals surface area contributed by atoms with Gasteiger partial charge >= 0.3 is 12.1 Å². The Hall–Kier alpha value is -5.78. The van der Waals surface area contributed by atoms with Gasteiger partial charge in [-0.2, -0.15) is 0 Å². The summed E-state index contributed by atoms with van der Waals surface area (Å²) < 4.78 is 7.12. The smallest absolute Gasteiger partial charge is 0.408 e. The van der Waals surface area contributed by atoms with Crippen molar-refractivity contribution in [2.45, 2.75) is 57.2 Å². The molecule has 1 aromatic heterocycles. The number of ether oxygens (including phenoxy) is 1. The van der Waals surface area contributed by atoms with Gasteiger partial charge in [-0.3, -0.25) is 14.4 Å². The summed E-state index contributed by atoms with van der Waals surface area (Å²) in [5.41, 5.74) is 1.61. The number of nitrogens with one attached hydrogen (secondary N) is 2. The van der Waals surface area contributed by atoms with E-state index in [0.29, 0.717) is 10.8 Å². The van der Waals surface area contributed by atoms with Crippen molar-refractivity contribution in [3.63, 3.8) is 0 Å². The van der Waals surface area contributed by atoms with E-state index in [1.807, 2.05) is 95.6 Å². The Kier molecular flexibility index (Phi) is 10.0. The first-order chi connectivity index (χ1) is 23.0. The fourth-order valence-corrected chi connectivity index (χ4v) is 5.56. The van der Waals surface area contributed by atoms with Crippen molar-refractivity contribution in [3.8, 4) is 0 Å². The third-order valence-corrected chi connectivity index (χ3v) is 7.61. The molecule has 0 spiro atoms. The normalized spacial score (nSPS) is 13.9. The van der Waals surface area contributed by atoms with Crippen LogP contribution in [0.25, 0.3) is 0 Å². The van der Waals surface area contributed by atoms with Crippen LogP contribution in [0.1, 0.15) is 56.0 Å². The van der Waals surface area contributed by atoms with Crippen molar-refractivity contribution in [2.75, 3.05) is 6.54 Å². The number of amides is 4. The van der Waals surface area contributed by atoms with Gasteiger partial charge in [0, 0.05) is 25.5 Å². The van der Waals surface area contributed by atoms with E-state index in [0.717, 1.165) is 16.7 Å². The molecule has 12 heteroatoms. The van der Waals surface area contributed by atoms with Gasteiger partial charge in [0.25, 0.3) is 11.8 Å². The van der Waals surface area contributed by atoms with E-state index in [1.54, 1.807) is 33.3 Å². The first kappa shape index (κ1) is 33.6. The van der Waals surface area contributed by atoms with E-state index in [9.17, 15) is 24.0 Å². The standard InChI is InChI=1S/C36H37N5O7/c1-35(2,3)47-34(46)37-22-30(42)39-29(33(45)48-41-31(43)19-20-32(41)44)21-28-23-40(24-38-28)36(25-13-7-4-8-14-25,26-15-9-5-10-16-26)27-17-11-6-12-18-27/h4-18,23-24,29H,19-22H2,1-3H3,(H,37,46)(H,39,42)/t29-/m0/s1. The maximum absolute atomic E-state index is 13.4. The molecule has 0 unspecified atom stereocenters. The van der Waals surface area contributed by atoms with E-state index in [-0.39, 0.29) is 19.3 Å². The summed E-state index contributed by atoms with van der Waals surface area (Å²) in [6.45, 7) is 4.54. The molecule has 1 saturated heterocycles. The van der Waals surface area contributed by atoms with Crippen molar-refractivity contribution < 1.29 is 33.5 Å². The summed E-state index contributed by atoms with van der Waals surface area (Å²) in [6.07, 6.45) is 2.29. The molecular formula is C36H37N5O7. The van der Waals surface area contributed by atoms with Crippen LogP contribution in [0.2, 0.25) is 0 Å². The first-order valence-corrected chi connectivity index (χ1v) is 15.5. The second-order valence-electron chi connectivity index (χ2n) is 12.3. The summed E-state index contributed by atoms with van der Waals surface area (Å²) in [4.78, 5) is 72.7. The maximum atomic E-state index is 13.4. The fourth-order valence-electron chi connectivity index (χ4n) is 5.56. The number of carbonyl (C=O) groups excluding carboxylic acids is 5. The molecule has 4 amide bonds. The number of hydrogen-bond acceptors (Lipinski definition) is 8. The molecule has 3 aromatic carbocycles. The van der Waals surface area contributed by atoms with Crippen LogP contribution in [0.5, 0.6) is 0 Å². The summed E-state index contributed by atoms with van der Waals surface area (Å²) >= 11 is 0. The summed E-state index contributed by atoms with van der Waals surface area (Å²) in [5.74, 6) is -3.09. The zero-order chi connectivity index (χ0) is 34.3. The maximum Gasteiger partial charge on any atom is 0.408 e. The molecule has 2 heterocycles. The highest BCUT2D eigenvalue weighted by Gasteiger charge is 2.39. The minimum Gasteiger partial charge on any atom is -0.444 e. The van der Waals surface area contributed by atoms with Crippen LogP contribution >= 0.6 is 0 Å². The molecule has 1 atom stereocenters. The zero-order valence-electron chi connectivity index (χ0n) is 26.9. The highest BCUT2D eigenvalue weighted by molar-refractivity contribution is 6.02. The van der Waals surface area contributed by atoms with Gasteiger partial charge in [0.15, 0.2) is 0 Å². The predicted octanol–water partition coefficient (Wildman–Crippen LogP) is 3.88. The minimum absolute atomic E-state index is 0.0894. The Morgan fingerprint density at radius 1 is 0.812 bits per heavy atom. The lowest BCUT2D eigenvalue weighted by Gasteiger charge is -2.37. The van der Waals surface area contributed by atoms with Crippen molar-refractivity contribution in [3.05, 3.63) is 126 Å². The Balaban J connectivity index is 1.48. The lowest BCUT2D eigenvalue weighted by atomic mass is 9.77. The number of hydroxylamine groups is 2. The van der Waals surface area contributed by atoms with E-state index in [4.69, 9.17) is 9.57 Å². The molecule has 4 aromatic rings. The Morgan fingerprint density at radius 3 is 1.79 bits per heavy atom. The number of imidazole rings is 1. The molecule has 1 aliphatic heterocycles. The van der Waals surface area contributed by atoms with Gasteiger partial charge in [-0.25, -0.2) is 14.6 Å². The highest BCUT2D eigenvalue weighted by atomic mass is 16.7. The molecule has 0 aliphatic carbocycles. The molecule has 5 rings (SSSR count). The van der Waals surface area contributed by atoms with Crippen LogP contribution in [-0.4, -0.2) is 62.6 Å². The van der Waals surface area contributed by atoms with Crippen LogP contribution < -0.4 is 10.6 Å². The van der Waals surface area contributed by atoms with Crippen molar-refractivity contribution in [1.82, 2.24) is 25.2 Å². The first-order valence-electron chi connectivity index (χ1n) is 15.5. The number of alkyl carbamates (subject to hydrolysis) is 1. The second kappa shape index (κ2) is 14.3. The molecule has 12 nitrogen and oxygen atoms in total. The number of hydrogen-bond donors (Lipinski definition) is 2. The van der Waals surface area contributed by atoms with E-state index in [1.165, 1.54) is 0 Å². The van der Waals surface area contributed by atoms with Gasteiger partial charge in [0.2, 0.25) is 5.91 Å². The number of imide groups is 1. The van der Waals surface area contributed by atoms with Crippen molar-refractivity contribution in [2.24, 2.45) is 0 Å². The van der Waals surface area contributed by atoms with Gasteiger partial charge in [-0.05, 0) is 37.5 Å². The number of aromatic nitrogens is 2. The summed E-state index contributed by atoms with van der Waals surface area (Å²) in [7, 11) is 0. The molecule has 1 fully saturated rings. The van der Waals surface area contributed by atoms with Gasteiger partial charge in [-0.15, -0.1) is 5.06 Å². The minimum atomic E-state index is -1.37. The largest absolute Gasteiger partial charge is 0.444 e. The third kappa shape index (κ3) is 7.60. The van der Waals surface area contributed by atoms with Crippen LogP contribution in [0.4, 0.5) is 4.79 Å². The molecule has 248 valence electrons. The van der Waals surface area contributed by atoms with Crippen LogP contribution in [-0.2, 0) is 40.7 Å². The number of benzene rings is 3. The van der Waals surface area contributed by atoms with Crippen molar-refractivity contribution in [1.29, 1.82) is 0 Å². The topological polar surface area (TPSA) is 149 Å². The van der Waals surface area contributed by atoms with E-state index in [2.05, 4.69) is 15.6 Å².